The lowest BCUT2D eigenvalue weighted by molar-refractivity contribution is 0.214. The first-order chi connectivity index (χ1) is 9.69. The van der Waals surface area contributed by atoms with Gasteiger partial charge in [-0.3, -0.25) is 0 Å². The average molecular weight is 274 g/mol. The minimum atomic E-state index is -0.994. The number of ether oxygens (including phenoxy) is 2. The Kier molecular flexibility index (Phi) is 3.32. The lowest BCUT2D eigenvalue weighted by atomic mass is 9.98. The van der Waals surface area contributed by atoms with Gasteiger partial charge in [-0.05, 0) is 35.4 Å². The van der Waals surface area contributed by atoms with Crippen LogP contribution in [-0.2, 0) is 6.42 Å². The third kappa shape index (κ3) is 2.23. The molecule has 1 aliphatic heterocycles. The molecule has 1 N–H and O–H groups in total. The Morgan fingerprint density at radius 2 is 2.10 bits per heavy atom. The third-order valence-electron chi connectivity index (χ3n) is 3.53. The van der Waals surface area contributed by atoms with Crippen LogP contribution in [0, 0.1) is 5.82 Å². The topological polar surface area (TPSA) is 38.7 Å². The first kappa shape index (κ1) is 12.9. The van der Waals surface area contributed by atoms with Crippen LogP contribution in [0.25, 0.3) is 0 Å². The number of aliphatic hydroxyl groups excluding tert-OH is 1. The van der Waals surface area contributed by atoms with E-state index in [2.05, 4.69) is 0 Å². The molecule has 104 valence electrons. The van der Waals surface area contributed by atoms with Crippen molar-refractivity contribution in [1.29, 1.82) is 0 Å². The van der Waals surface area contributed by atoms with Crippen LogP contribution in [0.1, 0.15) is 22.8 Å². The second-order valence-corrected chi connectivity index (χ2v) is 4.76. The van der Waals surface area contributed by atoms with Gasteiger partial charge < -0.3 is 14.6 Å². The molecule has 0 radical (unpaired) electrons. The van der Waals surface area contributed by atoms with Crippen molar-refractivity contribution in [2.24, 2.45) is 0 Å². The summed E-state index contributed by atoms with van der Waals surface area (Å²) in [7, 11) is 1.48. The fourth-order valence-electron chi connectivity index (χ4n) is 2.41. The summed E-state index contributed by atoms with van der Waals surface area (Å²) in [6.07, 6.45) is -0.173. The first-order valence-corrected chi connectivity index (χ1v) is 6.46. The Labute approximate surface area is 116 Å². The van der Waals surface area contributed by atoms with Crippen molar-refractivity contribution in [2.75, 3.05) is 13.7 Å². The van der Waals surface area contributed by atoms with E-state index >= 15 is 0 Å². The Morgan fingerprint density at radius 1 is 1.25 bits per heavy atom. The molecule has 3 nitrogen and oxygen atoms in total. The molecule has 1 unspecified atom stereocenters. The van der Waals surface area contributed by atoms with Gasteiger partial charge in [0.2, 0.25) is 0 Å². The van der Waals surface area contributed by atoms with Crippen molar-refractivity contribution in [2.45, 2.75) is 12.5 Å². The number of aliphatic hydroxyl groups is 1. The first-order valence-electron chi connectivity index (χ1n) is 6.46. The second-order valence-electron chi connectivity index (χ2n) is 4.76. The van der Waals surface area contributed by atoms with Crippen LogP contribution in [0.15, 0.2) is 36.4 Å². The number of benzene rings is 2. The number of hydrogen-bond donors (Lipinski definition) is 1. The summed E-state index contributed by atoms with van der Waals surface area (Å²) in [4.78, 5) is 0. The van der Waals surface area contributed by atoms with E-state index < -0.39 is 11.9 Å². The van der Waals surface area contributed by atoms with Gasteiger partial charge in [-0.15, -0.1) is 0 Å². The Morgan fingerprint density at radius 3 is 2.85 bits per heavy atom. The number of hydrogen-bond acceptors (Lipinski definition) is 3. The molecule has 0 aliphatic carbocycles. The second kappa shape index (κ2) is 5.13. The SMILES string of the molecule is COc1ccc(C(O)c2ccc3c(c2)CCO3)c(F)c1. The van der Waals surface area contributed by atoms with Gasteiger partial charge in [0.15, 0.2) is 0 Å². The lowest BCUT2D eigenvalue weighted by Gasteiger charge is -2.14. The molecule has 0 aromatic heterocycles. The van der Waals surface area contributed by atoms with Gasteiger partial charge >= 0.3 is 0 Å². The maximum Gasteiger partial charge on any atom is 0.133 e. The van der Waals surface area contributed by atoms with Crippen molar-refractivity contribution in [3.8, 4) is 11.5 Å². The van der Waals surface area contributed by atoms with E-state index in [4.69, 9.17) is 9.47 Å². The zero-order valence-electron chi connectivity index (χ0n) is 11.1. The van der Waals surface area contributed by atoms with E-state index in [1.807, 2.05) is 12.1 Å². The van der Waals surface area contributed by atoms with Gasteiger partial charge in [0.1, 0.15) is 23.4 Å². The molecule has 0 spiro atoms. The molecule has 0 fully saturated rings. The Balaban J connectivity index is 1.94. The Bertz CT molecular complexity index is 640. The Hall–Kier alpha value is -2.07. The van der Waals surface area contributed by atoms with Crippen LogP contribution in [0.5, 0.6) is 11.5 Å². The molecule has 0 saturated heterocycles. The summed E-state index contributed by atoms with van der Waals surface area (Å²) in [5.41, 5.74) is 1.96. The minimum Gasteiger partial charge on any atom is -0.497 e. The molecular weight excluding hydrogens is 259 g/mol. The average Bonchev–Trinajstić information content (AvgIpc) is 2.93. The molecule has 3 rings (SSSR count). The van der Waals surface area contributed by atoms with Gasteiger partial charge in [-0.2, -0.15) is 0 Å². The monoisotopic (exact) mass is 274 g/mol. The van der Waals surface area contributed by atoms with Crippen LogP contribution in [0.2, 0.25) is 0 Å². The molecule has 2 aromatic rings. The number of methoxy groups -OCH3 is 1. The smallest absolute Gasteiger partial charge is 0.133 e. The summed E-state index contributed by atoms with van der Waals surface area (Å²) < 4.78 is 24.4. The van der Waals surface area contributed by atoms with E-state index in [9.17, 15) is 9.50 Å². The molecular formula is C16H15FO3. The van der Waals surface area contributed by atoms with Gasteiger partial charge in [0.25, 0.3) is 0 Å². The van der Waals surface area contributed by atoms with Crippen molar-refractivity contribution >= 4 is 0 Å². The molecule has 0 amide bonds. The standard InChI is InChI=1S/C16H15FO3/c1-19-12-3-4-13(14(17)9-12)16(18)11-2-5-15-10(8-11)6-7-20-15/h2-5,8-9,16,18H,6-7H2,1H3. The predicted octanol–water partition coefficient (Wildman–Crippen LogP) is 2.85. The highest BCUT2D eigenvalue weighted by Crippen LogP contribution is 2.32. The van der Waals surface area contributed by atoms with Gasteiger partial charge in [0, 0.05) is 18.1 Å². The highest BCUT2D eigenvalue weighted by Gasteiger charge is 2.19. The fourth-order valence-corrected chi connectivity index (χ4v) is 2.41. The van der Waals surface area contributed by atoms with Crippen molar-refractivity contribution in [3.05, 3.63) is 58.9 Å². The minimum absolute atomic E-state index is 0.240. The zero-order chi connectivity index (χ0) is 14.1. The van der Waals surface area contributed by atoms with Crippen LogP contribution in [0.4, 0.5) is 4.39 Å². The summed E-state index contributed by atoms with van der Waals surface area (Å²) >= 11 is 0. The highest BCUT2D eigenvalue weighted by atomic mass is 19.1. The lowest BCUT2D eigenvalue weighted by Crippen LogP contribution is -2.03. The molecule has 1 heterocycles. The van der Waals surface area contributed by atoms with Crippen LogP contribution in [-0.4, -0.2) is 18.8 Å². The van der Waals surface area contributed by atoms with E-state index in [0.717, 1.165) is 17.7 Å². The molecule has 0 bridgehead atoms. The molecule has 2 aromatic carbocycles. The van der Waals surface area contributed by atoms with Crippen molar-refractivity contribution in [1.82, 2.24) is 0 Å². The fraction of sp³-hybridized carbons (Fsp3) is 0.250. The molecule has 0 saturated carbocycles. The summed E-state index contributed by atoms with van der Waals surface area (Å²) in [5, 5.41) is 10.3. The quantitative estimate of drug-likeness (QED) is 0.935. The van der Waals surface area contributed by atoms with Gasteiger partial charge in [-0.1, -0.05) is 6.07 Å². The van der Waals surface area contributed by atoms with E-state index in [1.165, 1.54) is 13.2 Å². The molecule has 1 aliphatic rings. The van der Waals surface area contributed by atoms with Gasteiger partial charge in [-0.25, -0.2) is 4.39 Å². The van der Waals surface area contributed by atoms with Crippen LogP contribution in [0.3, 0.4) is 0 Å². The zero-order valence-corrected chi connectivity index (χ0v) is 11.1. The summed E-state index contributed by atoms with van der Waals surface area (Å²) in [6, 6.07) is 9.91. The molecule has 4 heteroatoms. The van der Waals surface area contributed by atoms with E-state index in [1.54, 1.807) is 18.2 Å². The number of fused-ring (bicyclic) bond motifs is 1. The predicted molar refractivity (Wildman–Crippen MR) is 72.7 cm³/mol. The maximum atomic E-state index is 14.0. The number of rotatable bonds is 3. The normalized spacial score (nSPS) is 14.6. The molecule has 20 heavy (non-hydrogen) atoms. The van der Waals surface area contributed by atoms with Crippen LogP contribution < -0.4 is 9.47 Å². The number of halogens is 1. The molecule has 1 atom stereocenters. The van der Waals surface area contributed by atoms with E-state index in [0.29, 0.717) is 17.9 Å². The third-order valence-corrected chi connectivity index (χ3v) is 3.53. The van der Waals surface area contributed by atoms with E-state index in [-0.39, 0.29) is 5.56 Å². The van der Waals surface area contributed by atoms with Crippen molar-refractivity contribution < 1.29 is 19.0 Å². The summed E-state index contributed by atoms with van der Waals surface area (Å²) in [5.74, 6) is 0.797. The van der Waals surface area contributed by atoms with Crippen LogP contribution >= 0.6 is 0 Å². The maximum absolute atomic E-state index is 14.0. The van der Waals surface area contributed by atoms with Gasteiger partial charge in [0.05, 0.1) is 13.7 Å². The largest absolute Gasteiger partial charge is 0.497 e. The summed E-state index contributed by atoms with van der Waals surface area (Å²) in [6.45, 7) is 0.659. The van der Waals surface area contributed by atoms with Crippen molar-refractivity contribution in [3.63, 3.8) is 0 Å². The highest BCUT2D eigenvalue weighted by molar-refractivity contribution is 5.43.